The molecule has 3 rings (SSSR count). The molecule has 1 aliphatic heterocycles. The number of nitrogens with one attached hydrogen (secondary N) is 1. The number of rotatable bonds is 3. The molecule has 1 aromatic carbocycles. The van der Waals surface area contributed by atoms with E-state index in [0.29, 0.717) is 17.3 Å². The summed E-state index contributed by atoms with van der Waals surface area (Å²) in [6, 6.07) is 8.68. The molecule has 0 unspecified atom stereocenters. The van der Waals surface area contributed by atoms with Crippen molar-refractivity contribution in [1.29, 1.82) is 0 Å². The average Bonchev–Trinajstić information content (AvgIpc) is 2.90. The van der Waals surface area contributed by atoms with Gasteiger partial charge < -0.3 is 4.90 Å². The highest BCUT2D eigenvalue weighted by Gasteiger charge is 2.35. The van der Waals surface area contributed by atoms with Gasteiger partial charge in [-0.3, -0.25) is 14.9 Å². The van der Waals surface area contributed by atoms with E-state index in [1.807, 2.05) is 0 Å². The average molecular weight is 317 g/mol. The minimum absolute atomic E-state index is 0.101. The Morgan fingerprint density at radius 2 is 2.05 bits per heavy atom. The summed E-state index contributed by atoms with van der Waals surface area (Å²) in [6.07, 6.45) is 3.24. The van der Waals surface area contributed by atoms with E-state index in [1.54, 1.807) is 47.6 Å². The number of aromatic nitrogens is 2. The lowest BCUT2D eigenvalue weighted by Gasteiger charge is -2.16. The van der Waals surface area contributed by atoms with Crippen LogP contribution in [-0.2, 0) is 9.59 Å². The van der Waals surface area contributed by atoms with E-state index in [1.165, 1.54) is 0 Å². The normalized spacial score (nSPS) is 17.6. The number of amides is 2. The standard InChI is InChI=1S/C15H13ClN4O2/c16-11-3-1-4-12(8-11)20-9-10(7-13(20)21)14(22)19-15-17-5-2-6-18-15/h1-6,8,10H,7,9H2,(H,17,18,19,22)/t10-/m1/s1. The summed E-state index contributed by atoms with van der Waals surface area (Å²) < 4.78 is 0. The summed E-state index contributed by atoms with van der Waals surface area (Å²) in [5.41, 5.74) is 0.698. The molecule has 2 heterocycles. The minimum Gasteiger partial charge on any atom is -0.312 e. The first-order chi connectivity index (χ1) is 10.6. The number of halogens is 1. The van der Waals surface area contributed by atoms with Gasteiger partial charge in [0.2, 0.25) is 17.8 Å². The second kappa shape index (κ2) is 6.11. The van der Waals surface area contributed by atoms with Gasteiger partial charge in [0.25, 0.3) is 0 Å². The van der Waals surface area contributed by atoms with Crippen molar-refractivity contribution in [2.24, 2.45) is 5.92 Å². The van der Waals surface area contributed by atoms with Gasteiger partial charge in [-0.15, -0.1) is 0 Å². The molecule has 1 atom stereocenters. The van der Waals surface area contributed by atoms with E-state index in [9.17, 15) is 9.59 Å². The predicted octanol–water partition coefficient (Wildman–Crippen LogP) is 2.12. The van der Waals surface area contributed by atoms with Gasteiger partial charge in [-0.25, -0.2) is 9.97 Å². The smallest absolute Gasteiger partial charge is 0.232 e. The molecule has 6 nitrogen and oxygen atoms in total. The number of nitrogens with zero attached hydrogens (tertiary/aromatic N) is 3. The largest absolute Gasteiger partial charge is 0.312 e. The molecular weight excluding hydrogens is 304 g/mol. The molecule has 0 aliphatic carbocycles. The van der Waals surface area contributed by atoms with Gasteiger partial charge in [-0.05, 0) is 24.3 Å². The van der Waals surface area contributed by atoms with Crippen LogP contribution in [0.25, 0.3) is 0 Å². The van der Waals surface area contributed by atoms with Crippen molar-refractivity contribution < 1.29 is 9.59 Å². The first-order valence-electron chi connectivity index (χ1n) is 6.77. The van der Waals surface area contributed by atoms with Gasteiger partial charge in [0.15, 0.2) is 0 Å². The number of carbonyl (C=O) groups is 2. The van der Waals surface area contributed by atoms with Crippen LogP contribution >= 0.6 is 11.6 Å². The number of hydrogen-bond acceptors (Lipinski definition) is 4. The van der Waals surface area contributed by atoms with E-state index < -0.39 is 5.92 Å². The quantitative estimate of drug-likeness (QED) is 0.941. The van der Waals surface area contributed by atoms with Crippen LogP contribution in [0.5, 0.6) is 0 Å². The highest BCUT2D eigenvalue weighted by molar-refractivity contribution is 6.31. The zero-order chi connectivity index (χ0) is 15.5. The fraction of sp³-hybridized carbons (Fsp3) is 0.200. The van der Waals surface area contributed by atoms with Crippen LogP contribution in [0.4, 0.5) is 11.6 Å². The summed E-state index contributed by atoms with van der Waals surface area (Å²) in [6.45, 7) is 0.317. The zero-order valence-corrected chi connectivity index (χ0v) is 12.3. The molecule has 0 bridgehead atoms. The Balaban J connectivity index is 1.70. The van der Waals surface area contributed by atoms with Crippen molar-refractivity contribution in [1.82, 2.24) is 9.97 Å². The monoisotopic (exact) mass is 316 g/mol. The Hall–Kier alpha value is -2.47. The van der Waals surface area contributed by atoms with Crippen LogP contribution < -0.4 is 10.2 Å². The Kier molecular flexibility index (Phi) is 4.02. The van der Waals surface area contributed by atoms with E-state index in [0.717, 1.165) is 0 Å². The Bertz CT molecular complexity index is 708. The van der Waals surface area contributed by atoms with Crippen molar-refractivity contribution in [2.45, 2.75) is 6.42 Å². The second-order valence-corrected chi connectivity index (χ2v) is 5.38. The molecule has 2 amide bonds. The Morgan fingerprint density at radius 3 is 2.77 bits per heavy atom. The molecule has 22 heavy (non-hydrogen) atoms. The summed E-state index contributed by atoms with van der Waals surface area (Å²) in [4.78, 5) is 33.8. The molecule has 0 saturated carbocycles. The Morgan fingerprint density at radius 1 is 1.27 bits per heavy atom. The fourth-order valence-corrected chi connectivity index (χ4v) is 2.54. The van der Waals surface area contributed by atoms with Gasteiger partial charge in [0, 0.05) is 36.1 Å². The molecule has 1 aliphatic rings. The van der Waals surface area contributed by atoms with Crippen LogP contribution in [0, 0.1) is 5.92 Å². The third-order valence-corrected chi connectivity index (χ3v) is 3.65. The van der Waals surface area contributed by atoms with E-state index in [4.69, 9.17) is 11.6 Å². The Labute approximate surface area is 132 Å². The highest BCUT2D eigenvalue weighted by atomic mass is 35.5. The molecule has 1 aromatic heterocycles. The lowest BCUT2D eigenvalue weighted by molar-refractivity contribution is -0.122. The topological polar surface area (TPSA) is 75.2 Å². The molecule has 1 saturated heterocycles. The minimum atomic E-state index is -0.435. The van der Waals surface area contributed by atoms with E-state index >= 15 is 0 Å². The van der Waals surface area contributed by atoms with Crippen LogP contribution in [0.2, 0.25) is 5.02 Å². The summed E-state index contributed by atoms with van der Waals surface area (Å²) in [7, 11) is 0. The maximum absolute atomic E-state index is 12.2. The maximum atomic E-state index is 12.2. The van der Waals surface area contributed by atoms with Crippen molar-refractivity contribution in [3.8, 4) is 0 Å². The lowest BCUT2D eigenvalue weighted by atomic mass is 10.1. The predicted molar refractivity (Wildman–Crippen MR) is 82.6 cm³/mol. The second-order valence-electron chi connectivity index (χ2n) is 4.95. The fourth-order valence-electron chi connectivity index (χ4n) is 2.35. The molecule has 0 spiro atoms. The highest BCUT2D eigenvalue weighted by Crippen LogP contribution is 2.27. The van der Waals surface area contributed by atoms with Gasteiger partial charge in [0.05, 0.1) is 5.92 Å². The maximum Gasteiger partial charge on any atom is 0.232 e. The lowest BCUT2D eigenvalue weighted by Crippen LogP contribution is -2.28. The molecule has 1 fully saturated rings. The summed E-state index contributed by atoms with van der Waals surface area (Å²) >= 11 is 5.94. The van der Waals surface area contributed by atoms with Gasteiger partial charge in [-0.1, -0.05) is 17.7 Å². The van der Waals surface area contributed by atoms with Gasteiger partial charge in [0.1, 0.15) is 0 Å². The van der Waals surface area contributed by atoms with Gasteiger partial charge in [-0.2, -0.15) is 0 Å². The zero-order valence-electron chi connectivity index (χ0n) is 11.6. The SMILES string of the molecule is O=C(Nc1ncccn1)[C@@H]1CC(=O)N(c2cccc(Cl)c2)C1. The van der Waals surface area contributed by atoms with Crippen molar-refractivity contribution in [3.63, 3.8) is 0 Å². The molecule has 0 radical (unpaired) electrons. The summed E-state index contributed by atoms with van der Waals surface area (Å²) in [5, 5.41) is 3.17. The van der Waals surface area contributed by atoms with Crippen LogP contribution in [0.15, 0.2) is 42.7 Å². The van der Waals surface area contributed by atoms with Crippen LogP contribution in [0.3, 0.4) is 0 Å². The number of carbonyl (C=O) groups excluding carboxylic acids is 2. The molecule has 7 heteroatoms. The van der Waals surface area contributed by atoms with Gasteiger partial charge >= 0.3 is 0 Å². The van der Waals surface area contributed by atoms with E-state index in [-0.39, 0.29) is 24.2 Å². The molecule has 112 valence electrons. The van der Waals surface area contributed by atoms with Crippen molar-refractivity contribution in [2.75, 3.05) is 16.8 Å². The van der Waals surface area contributed by atoms with Crippen LogP contribution in [-0.4, -0.2) is 28.3 Å². The van der Waals surface area contributed by atoms with E-state index in [2.05, 4.69) is 15.3 Å². The number of anilines is 2. The van der Waals surface area contributed by atoms with Crippen LogP contribution in [0.1, 0.15) is 6.42 Å². The van der Waals surface area contributed by atoms with Crippen molar-refractivity contribution >= 4 is 35.1 Å². The third kappa shape index (κ3) is 3.07. The summed E-state index contributed by atoms with van der Waals surface area (Å²) in [5.74, 6) is -0.558. The molecule has 2 aromatic rings. The number of hydrogen-bond donors (Lipinski definition) is 1. The number of benzene rings is 1. The third-order valence-electron chi connectivity index (χ3n) is 3.42. The molecule has 1 N–H and O–H groups in total. The first-order valence-corrected chi connectivity index (χ1v) is 7.15. The first kappa shape index (κ1) is 14.5. The van der Waals surface area contributed by atoms with Crippen molar-refractivity contribution in [3.05, 3.63) is 47.7 Å². The molecular formula is C15H13ClN4O2.